The van der Waals surface area contributed by atoms with Crippen molar-refractivity contribution in [3.05, 3.63) is 36.9 Å². The lowest BCUT2D eigenvalue weighted by molar-refractivity contribution is 0.230. The first-order valence-corrected chi connectivity index (χ1v) is 5.56. The van der Waals surface area contributed by atoms with Gasteiger partial charge in [-0.05, 0) is 36.6 Å². The molecule has 3 nitrogen and oxygen atoms in total. The van der Waals surface area contributed by atoms with Crippen molar-refractivity contribution in [2.75, 3.05) is 20.3 Å². The Morgan fingerprint density at radius 1 is 1.44 bits per heavy atom. The van der Waals surface area contributed by atoms with Crippen LogP contribution in [0.5, 0.6) is 5.75 Å². The van der Waals surface area contributed by atoms with Crippen LogP contribution in [0.1, 0.15) is 18.0 Å². The van der Waals surface area contributed by atoms with E-state index in [1.807, 2.05) is 12.1 Å². The van der Waals surface area contributed by atoms with Gasteiger partial charge < -0.3 is 14.7 Å². The predicted octanol–water partition coefficient (Wildman–Crippen LogP) is 1.84. The molecule has 2 atom stereocenters. The Kier molecular flexibility index (Phi) is 3.46. The summed E-state index contributed by atoms with van der Waals surface area (Å²) in [4.78, 5) is 2.06. The second kappa shape index (κ2) is 4.85. The number of hydrogen-bond donors (Lipinski definition) is 1. The fraction of sp³-hybridized carbons (Fsp3) is 0.462. The fourth-order valence-corrected chi connectivity index (χ4v) is 2.30. The molecule has 0 amide bonds. The van der Waals surface area contributed by atoms with E-state index in [0.717, 1.165) is 18.7 Å². The minimum absolute atomic E-state index is 0.249. The fourth-order valence-electron chi connectivity index (χ4n) is 2.30. The molecule has 1 N–H and O–H groups in total. The Balaban J connectivity index is 2.11. The Hall–Kier alpha value is -1.06. The van der Waals surface area contributed by atoms with Crippen LogP contribution in [0.3, 0.4) is 0 Å². The Morgan fingerprint density at radius 3 is 2.62 bits per heavy atom. The molecule has 1 aromatic carbocycles. The quantitative estimate of drug-likeness (QED) is 0.789. The molecule has 1 aliphatic rings. The van der Waals surface area contributed by atoms with Crippen LogP contribution in [0.15, 0.2) is 24.3 Å². The summed E-state index contributed by atoms with van der Waals surface area (Å²) in [6, 6.07) is 8.40. The maximum absolute atomic E-state index is 9.16. The molecule has 1 saturated heterocycles. The van der Waals surface area contributed by atoms with E-state index in [9.17, 15) is 0 Å². The molecular weight excluding hydrogens is 202 g/mol. The van der Waals surface area contributed by atoms with Gasteiger partial charge in [0.25, 0.3) is 0 Å². The lowest BCUT2D eigenvalue weighted by Gasteiger charge is -2.27. The van der Waals surface area contributed by atoms with E-state index in [2.05, 4.69) is 24.1 Å². The molecule has 3 heteroatoms. The number of likely N-dealkylation sites (tertiary alicyclic amines) is 1. The monoisotopic (exact) mass is 220 g/mol. The molecule has 1 aliphatic heterocycles. The van der Waals surface area contributed by atoms with E-state index < -0.39 is 0 Å². The van der Waals surface area contributed by atoms with Gasteiger partial charge in [0.15, 0.2) is 0 Å². The third-order valence-electron chi connectivity index (χ3n) is 3.25. The highest BCUT2D eigenvalue weighted by atomic mass is 16.5. The average Bonchev–Trinajstić information content (AvgIpc) is 2.71. The first kappa shape index (κ1) is 11.4. The zero-order chi connectivity index (χ0) is 11.5. The van der Waals surface area contributed by atoms with E-state index in [1.165, 1.54) is 5.56 Å². The number of benzene rings is 1. The normalized spacial score (nSPS) is 25.9. The van der Waals surface area contributed by atoms with Crippen molar-refractivity contribution in [2.24, 2.45) is 5.92 Å². The number of hydrogen-bond acceptors (Lipinski definition) is 3. The maximum Gasteiger partial charge on any atom is 0.118 e. The zero-order valence-corrected chi connectivity index (χ0v) is 9.60. The van der Waals surface area contributed by atoms with Gasteiger partial charge >= 0.3 is 0 Å². The molecule has 2 rings (SSSR count). The third-order valence-corrected chi connectivity index (χ3v) is 3.25. The highest BCUT2D eigenvalue weighted by molar-refractivity contribution is 5.29. The van der Waals surface area contributed by atoms with Gasteiger partial charge in [-0.2, -0.15) is 0 Å². The molecule has 1 aromatic rings. The van der Waals surface area contributed by atoms with Crippen LogP contribution in [-0.4, -0.2) is 30.3 Å². The SMILES string of the molecule is [CH2-]N1CC(CO)CC1c1ccc(OC)cc1. The van der Waals surface area contributed by atoms with Crippen LogP contribution in [0.25, 0.3) is 0 Å². The topological polar surface area (TPSA) is 32.7 Å². The first-order valence-electron chi connectivity index (χ1n) is 5.56. The summed E-state index contributed by atoms with van der Waals surface area (Å²) >= 11 is 0. The van der Waals surface area contributed by atoms with Gasteiger partial charge in [-0.3, -0.25) is 7.05 Å². The molecule has 0 bridgehead atoms. The molecule has 0 aliphatic carbocycles. The summed E-state index contributed by atoms with van der Waals surface area (Å²) in [7, 11) is 5.69. The largest absolute Gasteiger partial charge is 0.497 e. The van der Waals surface area contributed by atoms with Crippen molar-refractivity contribution in [1.82, 2.24) is 4.90 Å². The van der Waals surface area contributed by atoms with Crippen LogP contribution in [0.2, 0.25) is 0 Å². The van der Waals surface area contributed by atoms with Gasteiger partial charge in [-0.15, -0.1) is 0 Å². The lowest BCUT2D eigenvalue weighted by Crippen LogP contribution is -2.16. The Morgan fingerprint density at radius 2 is 2.12 bits per heavy atom. The second-order valence-corrected chi connectivity index (χ2v) is 4.34. The van der Waals surface area contributed by atoms with Crippen molar-refractivity contribution in [1.29, 1.82) is 0 Å². The van der Waals surface area contributed by atoms with E-state index in [4.69, 9.17) is 9.84 Å². The summed E-state index contributed by atoms with van der Waals surface area (Å²) in [6.07, 6.45) is 0.979. The Labute approximate surface area is 96.6 Å². The summed E-state index contributed by atoms with van der Waals surface area (Å²) in [5.74, 6) is 1.22. The molecule has 0 saturated carbocycles. The summed E-state index contributed by atoms with van der Waals surface area (Å²) in [5, 5.41) is 9.16. The first-order chi connectivity index (χ1) is 7.74. The van der Waals surface area contributed by atoms with E-state index in [0.29, 0.717) is 12.0 Å². The Bertz CT molecular complexity index is 336. The highest BCUT2D eigenvalue weighted by Gasteiger charge is 2.26. The minimum Gasteiger partial charge on any atom is -0.497 e. The van der Waals surface area contributed by atoms with Gasteiger partial charge in [0.2, 0.25) is 0 Å². The number of rotatable bonds is 3. The van der Waals surface area contributed by atoms with Gasteiger partial charge in [0.05, 0.1) is 7.11 Å². The average molecular weight is 220 g/mol. The van der Waals surface area contributed by atoms with Gasteiger partial charge in [-0.1, -0.05) is 12.1 Å². The number of aliphatic hydroxyl groups is 1. The van der Waals surface area contributed by atoms with E-state index in [-0.39, 0.29) is 6.61 Å². The summed E-state index contributed by atoms with van der Waals surface area (Å²) in [6.45, 7) is 1.12. The number of methoxy groups -OCH3 is 1. The third kappa shape index (κ3) is 2.20. The van der Waals surface area contributed by atoms with Crippen molar-refractivity contribution in [3.8, 4) is 5.75 Å². The van der Waals surface area contributed by atoms with Crippen LogP contribution in [0.4, 0.5) is 0 Å². The molecular formula is C13H18NO2-. The van der Waals surface area contributed by atoms with Gasteiger partial charge in [0.1, 0.15) is 5.75 Å². The molecule has 1 heterocycles. The molecule has 2 unspecified atom stereocenters. The summed E-state index contributed by atoms with van der Waals surface area (Å²) < 4.78 is 5.13. The summed E-state index contributed by atoms with van der Waals surface area (Å²) in [5.41, 5.74) is 1.24. The number of aliphatic hydroxyl groups excluding tert-OH is 1. The highest BCUT2D eigenvalue weighted by Crippen LogP contribution is 2.34. The molecule has 1 fully saturated rings. The van der Waals surface area contributed by atoms with E-state index in [1.54, 1.807) is 7.11 Å². The van der Waals surface area contributed by atoms with Crippen molar-refractivity contribution < 1.29 is 9.84 Å². The maximum atomic E-state index is 9.16. The van der Waals surface area contributed by atoms with Crippen LogP contribution in [-0.2, 0) is 0 Å². The number of ether oxygens (including phenoxy) is 1. The molecule has 88 valence electrons. The molecule has 16 heavy (non-hydrogen) atoms. The van der Waals surface area contributed by atoms with Crippen LogP contribution in [0, 0.1) is 13.0 Å². The molecule has 0 spiro atoms. The zero-order valence-electron chi connectivity index (χ0n) is 9.60. The standard InChI is InChI=1S/C13H18NO2/c1-14-8-10(9-15)7-13(14)11-3-5-12(16-2)6-4-11/h3-6,10,13,15H,1,7-9H2,2H3/q-1. The van der Waals surface area contributed by atoms with Crippen LogP contribution < -0.4 is 4.74 Å². The smallest absolute Gasteiger partial charge is 0.118 e. The molecule has 0 radical (unpaired) electrons. The van der Waals surface area contributed by atoms with Gasteiger partial charge in [0, 0.05) is 12.6 Å². The molecule has 0 aromatic heterocycles. The number of nitrogens with zero attached hydrogens (tertiary/aromatic N) is 1. The second-order valence-electron chi connectivity index (χ2n) is 4.34. The predicted molar refractivity (Wildman–Crippen MR) is 63.0 cm³/mol. The lowest BCUT2D eigenvalue weighted by atomic mass is 10.0. The van der Waals surface area contributed by atoms with Crippen molar-refractivity contribution in [3.63, 3.8) is 0 Å². The van der Waals surface area contributed by atoms with Gasteiger partial charge in [-0.25, -0.2) is 0 Å². The van der Waals surface area contributed by atoms with Crippen molar-refractivity contribution in [2.45, 2.75) is 12.5 Å². The minimum atomic E-state index is 0.249. The van der Waals surface area contributed by atoms with Crippen molar-refractivity contribution >= 4 is 0 Å². The van der Waals surface area contributed by atoms with E-state index >= 15 is 0 Å². The van der Waals surface area contributed by atoms with Crippen LogP contribution >= 0.6 is 0 Å².